The molecule has 0 aliphatic carbocycles. The molecule has 1 atom stereocenters. The van der Waals surface area contributed by atoms with E-state index in [9.17, 15) is 9.90 Å². The SMILES string of the molecule is COc1ccccc1NC(=O)CN1CCOCC1CO. The second kappa shape index (κ2) is 7.23. The largest absolute Gasteiger partial charge is 0.495 e. The van der Waals surface area contributed by atoms with Gasteiger partial charge in [0.15, 0.2) is 0 Å². The number of ether oxygens (including phenoxy) is 2. The number of rotatable bonds is 5. The number of methoxy groups -OCH3 is 1. The number of nitrogens with one attached hydrogen (secondary N) is 1. The van der Waals surface area contributed by atoms with E-state index in [1.807, 2.05) is 17.0 Å². The number of morpholine rings is 1. The molecule has 110 valence electrons. The monoisotopic (exact) mass is 280 g/mol. The number of para-hydroxylation sites is 2. The van der Waals surface area contributed by atoms with Gasteiger partial charge < -0.3 is 19.9 Å². The first-order valence-corrected chi connectivity index (χ1v) is 6.60. The fraction of sp³-hybridized carbons (Fsp3) is 0.500. The van der Waals surface area contributed by atoms with Gasteiger partial charge >= 0.3 is 0 Å². The maximum atomic E-state index is 12.1. The summed E-state index contributed by atoms with van der Waals surface area (Å²) < 4.78 is 10.5. The Hall–Kier alpha value is -1.63. The molecule has 6 heteroatoms. The van der Waals surface area contributed by atoms with Gasteiger partial charge in [0.1, 0.15) is 5.75 Å². The van der Waals surface area contributed by atoms with E-state index in [-0.39, 0.29) is 25.1 Å². The average molecular weight is 280 g/mol. The van der Waals surface area contributed by atoms with Crippen molar-refractivity contribution in [2.24, 2.45) is 0 Å². The van der Waals surface area contributed by atoms with Gasteiger partial charge in [-0.25, -0.2) is 0 Å². The van der Waals surface area contributed by atoms with E-state index in [2.05, 4.69) is 5.32 Å². The van der Waals surface area contributed by atoms with E-state index in [0.717, 1.165) is 0 Å². The molecule has 1 aliphatic rings. The Morgan fingerprint density at radius 2 is 2.35 bits per heavy atom. The second-order valence-electron chi connectivity index (χ2n) is 4.63. The first-order valence-electron chi connectivity index (χ1n) is 6.60. The van der Waals surface area contributed by atoms with Crippen LogP contribution in [0.4, 0.5) is 5.69 Å². The molecular weight excluding hydrogens is 260 g/mol. The molecule has 2 N–H and O–H groups in total. The quantitative estimate of drug-likeness (QED) is 0.813. The molecule has 1 aromatic carbocycles. The molecule has 0 saturated carbocycles. The summed E-state index contributed by atoms with van der Waals surface area (Å²) in [5.41, 5.74) is 0.647. The van der Waals surface area contributed by atoms with Gasteiger partial charge in [0.25, 0.3) is 0 Å². The molecule has 1 fully saturated rings. The minimum Gasteiger partial charge on any atom is -0.495 e. The van der Waals surface area contributed by atoms with Gasteiger partial charge in [-0.1, -0.05) is 12.1 Å². The van der Waals surface area contributed by atoms with Crippen molar-refractivity contribution < 1.29 is 19.4 Å². The normalized spacial score (nSPS) is 19.6. The first-order chi connectivity index (χ1) is 9.74. The Morgan fingerprint density at radius 3 is 3.10 bits per heavy atom. The standard InChI is InChI=1S/C14H20N2O4/c1-19-13-5-3-2-4-12(13)15-14(18)8-16-6-7-20-10-11(16)9-17/h2-5,11,17H,6-10H2,1H3,(H,15,18). The highest BCUT2D eigenvalue weighted by Gasteiger charge is 2.24. The van der Waals surface area contributed by atoms with Gasteiger partial charge in [0, 0.05) is 6.54 Å². The van der Waals surface area contributed by atoms with Gasteiger partial charge in [-0.2, -0.15) is 0 Å². The smallest absolute Gasteiger partial charge is 0.238 e. The number of amides is 1. The predicted molar refractivity (Wildman–Crippen MR) is 74.9 cm³/mol. The summed E-state index contributed by atoms with van der Waals surface area (Å²) in [7, 11) is 1.56. The third kappa shape index (κ3) is 3.69. The van der Waals surface area contributed by atoms with Crippen molar-refractivity contribution in [2.45, 2.75) is 6.04 Å². The van der Waals surface area contributed by atoms with Crippen molar-refractivity contribution in [3.8, 4) is 5.75 Å². The highest BCUT2D eigenvalue weighted by Crippen LogP contribution is 2.22. The molecule has 1 unspecified atom stereocenters. The molecule has 0 bridgehead atoms. The van der Waals surface area contributed by atoms with Crippen molar-refractivity contribution in [1.82, 2.24) is 4.90 Å². The molecule has 1 amide bonds. The van der Waals surface area contributed by atoms with Gasteiger partial charge in [-0.3, -0.25) is 9.69 Å². The molecule has 1 heterocycles. The van der Waals surface area contributed by atoms with Crippen LogP contribution < -0.4 is 10.1 Å². The molecule has 1 aliphatic heterocycles. The summed E-state index contributed by atoms with van der Waals surface area (Å²) in [5.74, 6) is 0.497. The molecule has 0 spiro atoms. The number of aliphatic hydroxyl groups excluding tert-OH is 1. The zero-order valence-corrected chi connectivity index (χ0v) is 11.5. The minimum absolute atomic E-state index is 0.0120. The maximum absolute atomic E-state index is 12.1. The van der Waals surface area contributed by atoms with Crippen LogP contribution >= 0.6 is 0 Å². The molecular formula is C14H20N2O4. The lowest BCUT2D eigenvalue weighted by Gasteiger charge is -2.33. The second-order valence-corrected chi connectivity index (χ2v) is 4.63. The molecule has 1 saturated heterocycles. The van der Waals surface area contributed by atoms with Gasteiger partial charge in [-0.05, 0) is 12.1 Å². The number of nitrogens with zero attached hydrogens (tertiary/aromatic N) is 1. The molecule has 6 nitrogen and oxygen atoms in total. The average Bonchev–Trinajstić information content (AvgIpc) is 2.48. The van der Waals surface area contributed by atoms with Gasteiger partial charge in [-0.15, -0.1) is 0 Å². The first kappa shape index (κ1) is 14.8. The van der Waals surface area contributed by atoms with Crippen LogP contribution in [0, 0.1) is 0 Å². The predicted octanol–water partition coefficient (Wildman–Crippen LogP) is 0.327. The Balaban J connectivity index is 1.94. The van der Waals surface area contributed by atoms with Crippen LogP contribution in [0.3, 0.4) is 0 Å². The molecule has 0 aromatic heterocycles. The Morgan fingerprint density at radius 1 is 1.55 bits per heavy atom. The fourth-order valence-corrected chi connectivity index (χ4v) is 2.19. The van der Waals surface area contributed by atoms with Crippen LogP contribution in [0.1, 0.15) is 0 Å². The van der Waals surface area contributed by atoms with Crippen LogP contribution in [0.5, 0.6) is 5.75 Å². The van der Waals surface area contributed by atoms with Crippen molar-refractivity contribution >= 4 is 11.6 Å². The summed E-state index contributed by atoms with van der Waals surface area (Å²) >= 11 is 0. The lowest BCUT2D eigenvalue weighted by Crippen LogP contribution is -2.50. The lowest BCUT2D eigenvalue weighted by atomic mass is 10.2. The van der Waals surface area contributed by atoms with Crippen molar-refractivity contribution in [1.29, 1.82) is 0 Å². The highest BCUT2D eigenvalue weighted by atomic mass is 16.5. The van der Waals surface area contributed by atoms with Crippen molar-refractivity contribution in [2.75, 3.05) is 45.3 Å². The maximum Gasteiger partial charge on any atom is 0.238 e. The Kier molecular flexibility index (Phi) is 5.34. The minimum atomic E-state index is -0.130. The molecule has 20 heavy (non-hydrogen) atoms. The van der Waals surface area contributed by atoms with Crippen molar-refractivity contribution in [3.63, 3.8) is 0 Å². The van der Waals surface area contributed by atoms with E-state index in [4.69, 9.17) is 9.47 Å². The summed E-state index contributed by atoms with van der Waals surface area (Å²) in [5, 5.41) is 12.1. The van der Waals surface area contributed by atoms with E-state index in [1.54, 1.807) is 19.2 Å². The van der Waals surface area contributed by atoms with Crippen LogP contribution in [0.15, 0.2) is 24.3 Å². The third-order valence-corrected chi connectivity index (χ3v) is 3.29. The zero-order valence-electron chi connectivity index (χ0n) is 11.5. The lowest BCUT2D eigenvalue weighted by molar-refractivity contribution is -0.120. The number of carbonyl (C=O) groups is 1. The Labute approximate surface area is 118 Å². The van der Waals surface area contributed by atoms with E-state index < -0.39 is 0 Å². The van der Waals surface area contributed by atoms with Crippen LogP contribution in [-0.2, 0) is 9.53 Å². The van der Waals surface area contributed by atoms with Crippen molar-refractivity contribution in [3.05, 3.63) is 24.3 Å². The summed E-state index contributed by atoms with van der Waals surface area (Å²) in [6.07, 6.45) is 0. The molecule has 0 radical (unpaired) electrons. The number of hydrogen-bond acceptors (Lipinski definition) is 5. The number of aliphatic hydroxyl groups is 1. The van der Waals surface area contributed by atoms with Gasteiger partial charge in [0.05, 0.1) is 45.2 Å². The number of hydrogen-bond donors (Lipinski definition) is 2. The van der Waals surface area contributed by atoms with E-state index in [1.165, 1.54) is 0 Å². The topological polar surface area (TPSA) is 71.0 Å². The van der Waals surface area contributed by atoms with Crippen LogP contribution in [-0.4, -0.2) is 62.0 Å². The summed E-state index contributed by atoms with van der Waals surface area (Å²) in [6.45, 7) is 1.90. The number of benzene rings is 1. The highest BCUT2D eigenvalue weighted by molar-refractivity contribution is 5.93. The van der Waals surface area contributed by atoms with E-state index in [0.29, 0.717) is 31.2 Å². The zero-order chi connectivity index (χ0) is 14.4. The van der Waals surface area contributed by atoms with E-state index >= 15 is 0 Å². The molecule has 1 aromatic rings. The number of carbonyl (C=O) groups excluding carboxylic acids is 1. The molecule has 2 rings (SSSR count). The number of anilines is 1. The van der Waals surface area contributed by atoms with Gasteiger partial charge in [0.2, 0.25) is 5.91 Å². The summed E-state index contributed by atoms with van der Waals surface area (Å²) in [4.78, 5) is 14.0. The third-order valence-electron chi connectivity index (χ3n) is 3.29. The summed E-state index contributed by atoms with van der Waals surface area (Å²) in [6, 6.07) is 7.15. The Bertz CT molecular complexity index is 453. The van der Waals surface area contributed by atoms with Crippen LogP contribution in [0.25, 0.3) is 0 Å². The van der Waals surface area contributed by atoms with Crippen LogP contribution in [0.2, 0.25) is 0 Å². The fourth-order valence-electron chi connectivity index (χ4n) is 2.19.